The lowest BCUT2D eigenvalue weighted by Crippen LogP contribution is -2.14. The van der Waals surface area contributed by atoms with E-state index < -0.39 is 5.91 Å². The third-order valence-corrected chi connectivity index (χ3v) is 3.68. The first-order valence-electron chi connectivity index (χ1n) is 6.67. The number of amides is 1. The zero-order chi connectivity index (χ0) is 17.5. The molecule has 0 heterocycles. The van der Waals surface area contributed by atoms with Gasteiger partial charge in [0.1, 0.15) is 11.6 Å². The number of halogens is 2. The third-order valence-electron chi connectivity index (χ3n) is 2.94. The molecule has 0 saturated carbocycles. The second-order valence-corrected chi connectivity index (χ2v) is 5.40. The van der Waals surface area contributed by atoms with Gasteiger partial charge in [0.15, 0.2) is 0 Å². The van der Waals surface area contributed by atoms with Crippen LogP contribution in [0, 0.1) is 22.7 Å². The highest BCUT2D eigenvalue weighted by Gasteiger charge is 2.10. The quantitative estimate of drug-likeness (QED) is 0.630. The van der Waals surface area contributed by atoms with Crippen LogP contribution in [0.25, 0.3) is 0 Å². The molecule has 0 spiro atoms. The van der Waals surface area contributed by atoms with E-state index in [1.54, 1.807) is 36.4 Å². The Labute approximate surface area is 148 Å². The van der Waals surface area contributed by atoms with Crippen LogP contribution in [0.4, 0.5) is 11.4 Å². The third kappa shape index (κ3) is 4.50. The Balaban J connectivity index is 2.08. The SMILES string of the molecule is N#C/C(=C/Nc1ccc(C#N)cc1)C(=O)Nc1ccc(Cl)c(Cl)c1. The van der Waals surface area contributed by atoms with Crippen LogP contribution in [0.3, 0.4) is 0 Å². The summed E-state index contributed by atoms with van der Waals surface area (Å²) in [4.78, 5) is 12.1. The van der Waals surface area contributed by atoms with Crippen molar-refractivity contribution in [1.29, 1.82) is 10.5 Å². The fourth-order valence-electron chi connectivity index (χ4n) is 1.72. The first-order valence-corrected chi connectivity index (χ1v) is 7.42. The summed E-state index contributed by atoms with van der Waals surface area (Å²) in [6.07, 6.45) is 1.29. The highest BCUT2D eigenvalue weighted by atomic mass is 35.5. The molecule has 0 saturated heterocycles. The second kappa shape index (κ2) is 8.03. The minimum Gasteiger partial charge on any atom is -0.360 e. The van der Waals surface area contributed by atoms with Gasteiger partial charge in [0.25, 0.3) is 5.91 Å². The van der Waals surface area contributed by atoms with Crippen LogP contribution in [0.15, 0.2) is 54.2 Å². The van der Waals surface area contributed by atoms with E-state index in [0.29, 0.717) is 27.0 Å². The maximum Gasteiger partial charge on any atom is 0.267 e. The van der Waals surface area contributed by atoms with Gasteiger partial charge in [-0.05, 0) is 42.5 Å². The van der Waals surface area contributed by atoms with Gasteiger partial charge in [-0.1, -0.05) is 23.2 Å². The van der Waals surface area contributed by atoms with E-state index in [0.717, 1.165) is 0 Å². The first kappa shape index (κ1) is 17.4. The number of nitriles is 2. The van der Waals surface area contributed by atoms with Gasteiger partial charge in [-0.15, -0.1) is 0 Å². The Morgan fingerprint density at radius 1 is 1.00 bits per heavy atom. The Bertz CT molecular complexity index is 877. The van der Waals surface area contributed by atoms with Crippen molar-refractivity contribution < 1.29 is 4.79 Å². The maximum absolute atomic E-state index is 12.1. The number of anilines is 2. The van der Waals surface area contributed by atoms with Crippen LogP contribution < -0.4 is 10.6 Å². The molecule has 2 aromatic carbocycles. The van der Waals surface area contributed by atoms with Crippen LogP contribution in [0.5, 0.6) is 0 Å². The zero-order valence-corrected chi connectivity index (χ0v) is 13.7. The molecule has 7 heteroatoms. The molecule has 0 aliphatic heterocycles. The van der Waals surface area contributed by atoms with E-state index in [9.17, 15) is 4.79 Å². The van der Waals surface area contributed by atoms with Crippen molar-refractivity contribution in [2.75, 3.05) is 10.6 Å². The lowest BCUT2D eigenvalue weighted by molar-refractivity contribution is -0.112. The number of benzene rings is 2. The highest BCUT2D eigenvalue weighted by molar-refractivity contribution is 6.42. The van der Waals surface area contributed by atoms with Crippen molar-refractivity contribution in [2.45, 2.75) is 0 Å². The molecule has 0 bridgehead atoms. The van der Waals surface area contributed by atoms with E-state index in [1.807, 2.05) is 12.1 Å². The number of rotatable bonds is 4. The Morgan fingerprint density at radius 3 is 2.25 bits per heavy atom. The molecular formula is C17H10Cl2N4O. The fourth-order valence-corrected chi connectivity index (χ4v) is 2.02. The lowest BCUT2D eigenvalue weighted by atomic mass is 10.2. The van der Waals surface area contributed by atoms with Crippen molar-refractivity contribution in [1.82, 2.24) is 0 Å². The standard InChI is InChI=1S/C17H10Cl2N4O/c18-15-6-5-14(7-16(15)19)23-17(24)12(9-21)10-22-13-3-1-11(8-20)2-4-13/h1-7,10,22H,(H,23,24)/b12-10-. The minimum atomic E-state index is -0.586. The predicted octanol–water partition coefficient (Wildman–Crippen LogP) is 4.32. The molecule has 1 amide bonds. The van der Waals surface area contributed by atoms with Gasteiger partial charge in [0.2, 0.25) is 0 Å². The van der Waals surface area contributed by atoms with E-state index in [1.165, 1.54) is 12.3 Å². The Morgan fingerprint density at radius 2 is 1.67 bits per heavy atom. The molecule has 0 fully saturated rings. The van der Waals surface area contributed by atoms with Gasteiger partial charge in [0, 0.05) is 17.6 Å². The van der Waals surface area contributed by atoms with Crippen molar-refractivity contribution >= 4 is 40.5 Å². The van der Waals surface area contributed by atoms with Gasteiger partial charge in [-0.3, -0.25) is 4.79 Å². The topological polar surface area (TPSA) is 88.7 Å². The molecule has 118 valence electrons. The van der Waals surface area contributed by atoms with Crippen LogP contribution in [0.1, 0.15) is 5.56 Å². The van der Waals surface area contributed by atoms with Gasteiger partial charge >= 0.3 is 0 Å². The van der Waals surface area contributed by atoms with Gasteiger partial charge in [0.05, 0.1) is 21.7 Å². The van der Waals surface area contributed by atoms with Crippen LogP contribution in [0.2, 0.25) is 10.0 Å². The fraction of sp³-hybridized carbons (Fsp3) is 0. The maximum atomic E-state index is 12.1. The summed E-state index contributed by atoms with van der Waals surface area (Å²) in [5, 5.41) is 23.9. The largest absolute Gasteiger partial charge is 0.360 e. The lowest BCUT2D eigenvalue weighted by Gasteiger charge is -2.06. The molecular weight excluding hydrogens is 347 g/mol. The monoisotopic (exact) mass is 356 g/mol. The number of carbonyl (C=O) groups is 1. The summed E-state index contributed by atoms with van der Waals surface area (Å²) in [6, 6.07) is 15.0. The molecule has 2 N–H and O–H groups in total. The second-order valence-electron chi connectivity index (χ2n) is 4.59. The molecule has 0 atom stereocenters. The molecule has 0 aliphatic rings. The van der Waals surface area contributed by atoms with Crippen molar-refractivity contribution in [3.63, 3.8) is 0 Å². The summed E-state index contributed by atoms with van der Waals surface area (Å²) in [7, 11) is 0. The number of nitrogens with zero attached hydrogens (tertiary/aromatic N) is 2. The molecule has 0 aromatic heterocycles. The number of hydrogen-bond donors (Lipinski definition) is 2. The molecule has 2 rings (SSSR count). The van der Waals surface area contributed by atoms with E-state index in [2.05, 4.69) is 10.6 Å². The van der Waals surface area contributed by atoms with Crippen molar-refractivity contribution in [3.05, 3.63) is 69.8 Å². The number of carbonyl (C=O) groups excluding carboxylic acids is 1. The molecule has 0 unspecified atom stereocenters. The molecule has 2 aromatic rings. The summed E-state index contributed by atoms with van der Waals surface area (Å²) in [6.45, 7) is 0. The average molecular weight is 357 g/mol. The van der Waals surface area contributed by atoms with Crippen LogP contribution in [-0.2, 0) is 4.79 Å². The van der Waals surface area contributed by atoms with E-state index in [-0.39, 0.29) is 5.57 Å². The Kier molecular flexibility index (Phi) is 5.81. The molecule has 0 aliphatic carbocycles. The van der Waals surface area contributed by atoms with Crippen LogP contribution >= 0.6 is 23.2 Å². The molecule has 5 nitrogen and oxygen atoms in total. The first-order chi connectivity index (χ1) is 11.5. The number of nitrogens with one attached hydrogen (secondary N) is 2. The Hall–Kier alpha value is -2.99. The predicted molar refractivity (Wildman–Crippen MR) is 93.6 cm³/mol. The summed E-state index contributed by atoms with van der Waals surface area (Å²) >= 11 is 11.7. The molecule has 0 radical (unpaired) electrons. The normalized spacial score (nSPS) is 10.4. The summed E-state index contributed by atoms with van der Waals surface area (Å²) in [5.41, 5.74) is 1.46. The van der Waals surface area contributed by atoms with Crippen molar-refractivity contribution in [3.8, 4) is 12.1 Å². The van der Waals surface area contributed by atoms with Gasteiger partial charge in [-0.25, -0.2) is 0 Å². The van der Waals surface area contributed by atoms with Gasteiger partial charge < -0.3 is 10.6 Å². The smallest absolute Gasteiger partial charge is 0.267 e. The average Bonchev–Trinajstić information content (AvgIpc) is 2.59. The van der Waals surface area contributed by atoms with E-state index >= 15 is 0 Å². The summed E-state index contributed by atoms with van der Waals surface area (Å²) in [5.74, 6) is -0.586. The van der Waals surface area contributed by atoms with E-state index in [4.69, 9.17) is 33.7 Å². The number of hydrogen-bond acceptors (Lipinski definition) is 4. The zero-order valence-electron chi connectivity index (χ0n) is 12.2. The molecule has 24 heavy (non-hydrogen) atoms. The van der Waals surface area contributed by atoms with Gasteiger partial charge in [-0.2, -0.15) is 10.5 Å². The minimum absolute atomic E-state index is 0.120. The highest BCUT2D eigenvalue weighted by Crippen LogP contribution is 2.25. The van der Waals surface area contributed by atoms with Crippen LogP contribution in [-0.4, -0.2) is 5.91 Å². The summed E-state index contributed by atoms with van der Waals surface area (Å²) < 4.78 is 0. The van der Waals surface area contributed by atoms with Crippen molar-refractivity contribution in [2.24, 2.45) is 0 Å².